The number of likely N-dealkylation sites (N-methyl/N-ethyl adjacent to an activating group) is 1. The van der Waals surface area contributed by atoms with Gasteiger partial charge in [0.05, 0.1) is 10.0 Å². The van der Waals surface area contributed by atoms with E-state index in [4.69, 9.17) is 38.2 Å². The zero-order chi connectivity index (χ0) is 27.0. The van der Waals surface area contributed by atoms with Gasteiger partial charge in [-0.2, -0.15) is 0 Å². The molecule has 1 aliphatic carbocycles. The fourth-order valence-electron chi connectivity index (χ4n) is 5.06. The molecule has 37 heavy (non-hydrogen) atoms. The van der Waals surface area contributed by atoms with E-state index in [1.807, 2.05) is 20.2 Å². The van der Waals surface area contributed by atoms with Gasteiger partial charge in [0.2, 0.25) is 0 Å². The van der Waals surface area contributed by atoms with Gasteiger partial charge in [-0.05, 0) is 83.0 Å². The molecule has 1 aliphatic rings. The molecule has 2 N–H and O–H groups in total. The number of hydrogen-bond donors (Lipinski definition) is 1. The highest BCUT2D eigenvalue weighted by atomic mass is 35.5. The average Bonchev–Trinajstić information content (AvgIpc) is 3.21. The first-order chi connectivity index (χ1) is 17.5. The Morgan fingerprint density at radius 1 is 1.11 bits per heavy atom. The maximum absolute atomic E-state index is 13.8. The van der Waals surface area contributed by atoms with Crippen LogP contribution in [0.4, 0.5) is 4.39 Å². The van der Waals surface area contributed by atoms with Crippen molar-refractivity contribution in [3.8, 4) is 11.3 Å². The lowest BCUT2D eigenvalue weighted by Crippen LogP contribution is -2.57. The molecule has 1 aromatic heterocycles. The summed E-state index contributed by atoms with van der Waals surface area (Å²) in [5.74, 6) is -1.64. The number of aromatic nitrogens is 1. The van der Waals surface area contributed by atoms with Crippen LogP contribution in [0.1, 0.15) is 47.4 Å². The third-order valence-corrected chi connectivity index (χ3v) is 7.99. The summed E-state index contributed by atoms with van der Waals surface area (Å²) >= 11 is 12.7. The molecule has 7 nitrogen and oxygen atoms in total. The third-order valence-electron chi connectivity index (χ3n) is 7.36. The number of halogens is 3. The Balaban J connectivity index is 1.61. The molecule has 0 unspecified atom stereocenters. The second-order valence-corrected chi connectivity index (χ2v) is 10.5. The summed E-state index contributed by atoms with van der Waals surface area (Å²) in [5, 5.41) is 4.56. The molecule has 196 valence electrons. The van der Waals surface area contributed by atoms with Gasteiger partial charge in [-0.15, -0.1) is 0 Å². The van der Waals surface area contributed by atoms with Crippen LogP contribution in [0.3, 0.4) is 0 Å². The molecule has 0 aliphatic heterocycles. The van der Waals surface area contributed by atoms with Crippen molar-refractivity contribution in [2.24, 2.45) is 5.73 Å². The number of amides is 1. The molecular weight excluding hydrogens is 520 g/mol. The predicted molar refractivity (Wildman–Crippen MR) is 139 cm³/mol. The van der Waals surface area contributed by atoms with Crippen LogP contribution in [-0.2, 0) is 16.0 Å². The van der Waals surface area contributed by atoms with Crippen molar-refractivity contribution < 1.29 is 23.2 Å². The summed E-state index contributed by atoms with van der Waals surface area (Å²) in [5.41, 5.74) is 5.25. The summed E-state index contributed by atoms with van der Waals surface area (Å²) in [6.07, 6.45) is 1.97. The molecule has 2 aromatic carbocycles. The lowest BCUT2D eigenvalue weighted by molar-refractivity contribution is -0.144. The van der Waals surface area contributed by atoms with E-state index in [1.54, 1.807) is 31.2 Å². The Morgan fingerprint density at radius 3 is 2.30 bits per heavy atom. The summed E-state index contributed by atoms with van der Waals surface area (Å²) in [6.45, 7) is 1.56. The molecule has 1 amide bonds. The zero-order valence-corrected chi connectivity index (χ0v) is 22.3. The van der Waals surface area contributed by atoms with Crippen molar-refractivity contribution in [1.29, 1.82) is 0 Å². The summed E-state index contributed by atoms with van der Waals surface area (Å²) in [7, 11) is 3.89. The third kappa shape index (κ3) is 5.23. The van der Waals surface area contributed by atoms with Crippen LogP contribution in [0.5, 0.6) is 0 Å². The van der Waals surface area contributed by atoms with E-state index in [0.29, 0.717) is 24.8 Å². The van der Waals surface area contributed by atoms with E-state index < -0.39 is 17.5 Å². The largest absolute Gasteiger partial charge is 0.445 e. The maximum Gasteiger partial charge on any atom is 0.345 e. The first-order valence-corrected chi connectivity index (χ1v) is 12.6. The molecule has 10 heteroatoms. The number of hydrogen-bond acceptors (Lipinski definition) is 6. The number of carbonyl (C=O) groups is 2. The smallest absolute Gasteiger partial charge is 0.345 e. The van der Waals surface area contributed by atoms with Crippen LogP contribution >= 0.6 is 23.2 Å². The minimum absolute atomic E-state index is 0.0276. The molecule has 1 fully saturated rings. The fourth-order valence-corrected chi connectivity index (χ4v) is 5.64. The van der Waals surface area contributed by atoms with Crippen LogP contribution in [-0.4, -0.2) is 47.2 Å². The van der Waals surface area contributed by atoms with Gasteiger partial charge < -0.3 is 19.9 Å². The molecule has 0 saturated heterocycles. The molecular formula is C27H28Cl2FN3O4. The fraction of sp³-hybridized carbons (Fsp3) is 0.370. The maximum atomic E-state index is 13.8. The Labute approximate surface area is 224 Å². The molecule has 1 saturated carbocycles. The Bertz CT molecular complexity index is 1310. The summed E-state index contributed by atoms with van der Waals surface area (Å²) in [6, 6.07) is 11.4. The molecule has 0 spiro atoms. The van der Waals surface area contributed by atoms with Crippen LogP contribution in [0, 0.1) is 12.7 Å². The minimum atomic E-state index is -1.52. The number of rotatable bonds is 7. The van der Waals surface area contributed by atoms with Gasteiger partial charge in [-0.25, -0.2) is 9.18 Å². The molecule has 3 aromatic rings. The van der Waals surface area contributed by atoms with Crippen molar-refractivity contribution in [2.45, 2.75) is 50.2 Å². The Kier molecular flexibility index (Phi) is 7.65. The molecule has 4 rings (SSSR count). The quantitative estimate of drug-likeness (QED) is 0.387. The van der Waals surface area contributed by atoms with E-state index in [9.17, 15) is 14.0 Å². The summed E-state index contributed by atoms with van der Waals surface area (Å²) in [4.78, 5) is 28.3. The Hall–Kier alpha value is -2.94. The molecule has 0 bridgehead atoms. The van der Waals surface area contributed by atoms with E-state index in [0.717, 1.165) is 5.56 Å². The van der Waals surface area contributed by atoms with Crippen molar-refractivity contribution in [1.82, 2.24) is 10.1 Å². The highest BCUT2D eigenvalue weighted by Crippen LogP contribution is 2.43. The predicted octanol–water partition coefficient (Wildman–Crippen LogP) is 5.59. The van der Waals surface area contributed by atoms with Crippen molar-refractivity contribution in [2.75, 3.05) is 14.1 Å². The zero-order valence-electron chi connectivity index (χ0n) is 20.8. The lowest BCUT2D eigenvalue weighted by atomic mass is 9.70. The number of carbonyl (C=O) groups excluding carboxylic acids is 2. The number of aryl methyl sites for hydroxylation is 1. The molecule has 0 atom stereocenters. The van der Waals surface area contributed by atoms with Crippen molar-refractivity contribution in [3.63, 3.8) is 0 Å². The standard InChI is InChI=1S/C27H28Cl2FN3O4/c1-16-21(23(32-37-16)22-19(28)8-5-9-20(22)29)24(34)36-27(25(31)35)12-10-26(11-13-27,33(2)3)15-17-6-4-7-18(30)14-17/h4-9,14H,10-13,15H2,1-3H3,(H2,31,35). The SMILES string of the molecule is Cc1onc(-c2c(Cl)cccc2Cl)c1C(=O)OC1(C(N)=O)CCC(Cc2cccc(F)c2)(N(C)C)CC1. The van der Waals surface area contributed by atoms with Crippen LogP contribution in [0.2, 0.25) is 10.0 Å². The number of nitrogens with two attached hydrogens (primary N) is 1. The summed E-state index contributed by atoms with van der Waals surface area (Å²) < 4.78 is 25.0. The molecule has 0 radical (unpaired) electrons. The minimum Gasteiger partial charge on any atom is -0.445 e. The monoisotopic (exact) mass is 547 g/mol. The number of esters is 1. The Morgan fingerprint density at radius 2 is 1.73 bits per heavy atom. The van der Waals surface area contributed by atoms with Gasteiger partial charge in [0.25, 0.3) is 5.91 Å². The lowest BCUT2D eigenvalue weighted by Gasteiger charge is -2.48. The second kappa shape index (κ2) is 10.4. The van der Waals surface area contributed by atoms with E-state index in [1.165, 1.54) is 12.1 Å². The first-order valence-electron chi connectivity index (χ1n) is 11.8. The number of primary amides is 1. The normalized spacial score (nSPS) is 21.7. The number of benzene rings is 2. The number of ether oxygens (including phenoxy) is 1. The first kappa shape index (κ1) is 27.1. The van der Waals surface area contributed by atoms with Gasteiger partial charge in [-0.3, -0.25) is 4.79 Å². The van der Waals surface area contributed by atoms with Gasteiger partial charge >= 0.3 is 5.97 Å². The van der Waals surface area contributed by atoms with E-state index in [-0.39, 0.29) is 51.3 Å². The van der Waals surface area contributed by atoms with E-state index >= 15 is 0 Å². The second-order valence-electron chi connectivity index (χ2n) is 9.73. The van der Waals surface area contributed by atoms with Crippen molar-refractivity contribution >= 4 is 35.1 Å². The highest BCUT2D eigenvalue weighted by molar-refractivity contribution is 6.39. The van der Waals surface area contributed by atoms with Gasteiger partial charge in [0.1, 0.15) is 22.8 Å². The number of nitrogens with zero attached hydrogens (tertiary/aromatic N) is 2. The molecule has 1 heterocycles. The van der Waals surface area contributed by atoms with Crippen LogP contribution in [0.25, 0.3) is 11.3 Å². The topological polar surface area (TPSA) is 98.7 Å². The average molecular weight is 548 g/mol. The highest BCUT2D eigenvalue weighted by Gasteiger charge is 2.50. The van der Waals surface area contributed by atoms with Crippen molar-refractivity contribution in [3.05, 3.63) is 75.2 Å². The van der Waals surface area contributed by atoms with Gasteiger partial charge in [-0.1, -0.05) is 46.6 Å². The van der Waals surface area contributed by atoms with Crippen LogP contribution < -0.4 is 5.73 Å². The van der Waals surface area contributed by atoms with Gasteiger partial charge in [0.15, 0.2) is 5.60 Å². The van der Waals surface area contributed by atoms with E-state index in [2.05, 4.69) is 10.1 Å². The van der Waals surface area contributed by atoms with Crippen LogP contribution in [0.15, 0.2) is 47.0 Å². The van der Waals surface area contributed by atoms with Gasteiger partial charge in [0, 0.05) is 11.1 Å².